The van der Waals surface area contributed by atoms with Crippen molar-refractivity contribution >= 4 is 15.7 Å². The Kier molecular flexibility index (Phi) is 2.15. The third kappa shape index (κ3) is 1.38. The number of nitrogens with one attached hydrogen (secondary N) is 1. The molecule has 3 aliphatic rings. The highest BCUT2D eigenvalue weighted by Gasteiger charge is 2.58. The first kappa shape index (κ1) is 11.4. The fraction of sp³-hybridized carbons (Fsp3) is 0.462. The van der Waals surface area contributed by atoms with Gasteiger partial charge in [0.25, 0.3) is 0 Å². The molecule has 2 heterocycles. The Bertz CT molecular complexity index is 683. The molecule has 0 radical (unpaired) electrons. The van der Waals surface area contributed by atoms with Crippen molar-refractivity contribution in [2.75, 3.05) is 0 Å². The molecule has 2 aliphatic heterocycles. The summed E-state index contributed by atoms with van der Waals surface area (Å²) in [4.78, 5) is 5.92. The molecule has 19 heavy (non-hydrogen) atoms. The highest BCUT2D eigenvalue weighted by atomic mass is 32.2. The van der Waals surface area contributed by atoms with Gasteiger partial charge in [-0.1, -0.05) is 29.8 Å². The van der Waals surface area contributed by atoms with Crippen molar-refractivity contribution in [1.29, 1.82) is 0 Å². The van der Waals surface area contributed by atoms with Gasteiger partial charge in [0.05, 0.1) is 16.5 Å². The van der Waals surface area contributed by atoms with E-state index in [1.54, 1.807) is 12.1 Å². The van der Waals surface area contributed by atoms with Crippen LogP contribution in [0, 0.1) is 5.92 Å². The average Bonchev–Trinajstić information content (AvgIpc) is 2.89. The van der Waals surface area contributed by atoms with Gasteiger partial charge in [-0.2, -0.15) is 4.72 Å². The molecule has 0 bridgehead atoms. The lowest BCUT2D eigenvalue weighted by Crippen LogP contribution is -2.47. The van der Waals surface area contributed by atoms with E-state index in [1.807, 2.05) is 12.1 Å². The second kappa shape index (κ2) is 3.58. The molecule has 1 aromatic rings. The molecule has 0 amide bonds. The lowest BCUT2D eigenvalue weighted by atomic mass is 9.78. The van der Waals surface area contributed by atoms with Crippen molar-refractivity contribution in [2.24, 2.45) is 11.1 Å². The van der Waals surface area contributed by atoms with Crippen LogP contribution < -0.4 is 4.72 Å². The average molecular weight is 278 g/mol. The highest BCUT2D eigenvalue weighted by molar-refractivity contribution is 7.89. The third-order valence-corrected chi connectivity index (χ3v) is 5.75. The standard InChI is InChI=1S/C13H14N2O3S/c16-19(17)12-8-4-2-6-10(12)13(15-19)9-5-1-3-7-11(9)14-18-13/h2,4,6,8-9,15H,1,3,5,7H2. The first-order valence-corrected chi connectivity index (χ1v) is 8.00. The predicted octanol–water partition coefficient (Wildman–Crippen LogP) is 1.71. The van der Waals surface area contributed by atoms with Gasteiger partial charge in [0.15, 0.2) is 0 Å². The van der Waals surface area contributed by atoms with Crippen molar-refractivity contribution in [3.8, 4) is 0 Å². The van der Waals surface area contributed by atoms with Crippen LogP contribution in [0.2, 0.25) is 0 Å². The summed E-state index contributed by atoms with van der Waals surface area (Å²) in [5, 5.41) is 4.15. The van der Waals surface area contributed by atoms with Crippen LogP contribution in [-0.2, 0) is 20.6 Å². The Balaban J connectivity index is 1.90. The van der Waals surface area contributed by atoms with Crippen LogP contribution in [0.3, 0.4) is 0 Å². The molecule has 1 N–H and O–H groups in total. The minimum atomic E-state index is -3.50. The normalized spacial score (nSPS) is 34.5. The third-order valence-electron chi connectivity index (χ3n) is 4.24. The Labute approximate surface area is 111 Å². The molecule has 1 saturated carbocycles. The molecule has 1 aliphatic carbocycles. The van der Waals surface area contributed by atoms with Gasteiger partial charge in [-0.25, -0.2) is 8.42 Å². The Morgan fingerprint density at radius 1 is 1.32 bits per heavy atom. The van der Waals surface area contributed by atoms with Gasteiger partial charge < -0.3 is 4.84 Å². The summed E-state index contributed by atoms with van der Waals surface area (Å²) in [7, 11) is -3.50. The van der Waals surface area contributed by atoms with Gasteiger partial charge >= 0.3 is 0 Å². The molecule has 5 nitrogen and oxygen atoms in total. The maximum absolute atomic E-state index is 12.2. The van der Waals surface area contributed by atoms with Gasteiger partial charge in [-0.15, -0.1) is 0 Å². The van der Waals surface area contributed by atoms with E-state index in [-0.39, 0.29) is 5.92 Å². The molecule has 1 aromatic carbocycles. The molecule has 2 atom stereocenters. The Morgan fingerprint density at radius 3 is 3.05 bits per heavy atom. The summed E-state index contributed by atoms with van der Waals surface area (Å²) >= 11 is 0. The van der Waals surface area contributed by atoms with Gasteiger partial charge in [-0.3, -0.25) is 0 Å². The van der Waals surface area contributed by atoms with E-state index in [1.165, 1.54) is 0 Å². The van der Waals surface area contributed by atoms with Gasteiger partial charge in [0, 0.05) is 5.56 Å². The van der Waals surface area contributed by atoms with Crippen LogP contribution in [0.15, 0.2) is 34.3 Å². The van der Waals surface area contributed by atoms with Crippen LogP contribution in [-0.4, -0.2) is 14.1 Å². The molecule has 1 fully saturated rings. The Hall–Kier alpha value is -1.40. The van der Waals surface area contributed by atoms with E-state index in [9.17, 15) is 8.42 Å². The van der Waals surface area contributed by atoms with E-state index in [2.05, 4.69) is 9.88 Å². The zero-order chi connectivity index (χ0) is 13.1. The van der Waals surface area contributed by atoms with Crippen molar-refractivity contribution in [3.63, 3.8) is 0 Å². The Morgan fingerprint density at radius 2 is 2.16 bits per heavy atom. The second-order valence-corrected chi connectivity index (χ2v) is 6.96. The van der Waals surface area contributed by atoms with Crippen molar-refractivity contribution in [1.82, 2.24) is 4.72 Å². The zero-order valence-electron chi connectivity index (χ0n) is 10.3. The number of oxime groups is 1. The summed E-state index contributed by atoms with van der Waals surface area (Å²) in [5.41, 5.74) is 0.692. The lowest BCUT2D eigenvalue weighted by Gasteiger charge is -2.31. The number of benzene rings is 1. The monoisotopic (exact) mass is 278 g/mol. The number of nitrogens with zero attached hydrogens (tertiary/aromatic N) is 1. The van der Waals surface area contributed by atoms with E-state index in [0.29, 0.717) is 10.5 Å². The fourth-order valence-corrected chi connectivity index (χ4v) is 4.95. The number of hydrogen-bond acceptors (Lipinski definition) is 4. The number of hydrogen-bond donors (Lipinski definition) is 1. The maximum Gasteiger partial charge on any atom is 0.244 e. The summed E-state index contributed by atoms with van der Waals surface area (Å²) in [6.45, 7) is 0. The predicted molar refractivity (Wildman–Crippen MR) is 68.9 cm³/mol. The molecule has 4 rings (SSSR count). The lowest BCUT2D eigenvalue weighted by molar-refractivity contribution is -0.0600. The van der Waals surface area contributed by atoms with E-state index in [4.69, 9.17) is 4.84 Å². The second-order valence-electron chi connectivity index (χ2n) is 5.31. The number of sulfonamides is 1. The van der Waals surface area contributed by atoms with Crippen LogP contribution in [0.4, 0.5) is 0 Å². The molecular weight excluding hydrogens is 264 g/mol. The van der Waals surface area contributed by atoms with Crippen LogP contribution in [0.25, 0.3) is 0 Å². The maximum atomic E-state index is 12.2. The zero-order valence-corrected chi connectivity index (χ0v) is 11.1. The van der Waals surface area contributed by atoms with Gasteiger partial charge in [0.2, 0.25) is 15.7 Å². The van der Waals surface area contributed by atoms with Crippen molar-refractivity contribution < 1.29 is 13.3 Å². The van der Waals surface area contributed by atoms with E-state index < -0.39 is 15.7 Å². The summed E-state index contributed by atoms with van der Waals surface area (Å²) in [6.07, 6.45) is 3.99. The minimum absolute atomic E-state index is 0.0275. The highest BCUT2D eigenvalue weighted by Crippen LogP contribution is 2.49. The fourth-order valence-electron chi connectivity index (χ4n) is 3.38. The molecule has 0 saturated heterocycles. The first-order chi connectivity index (χ1) is 9.13. The molecule has 100 valence electrons. The van der Waals surface area contributed by atoms with Crippen molar-refractivity contribution in [3.05, 3.63) is 29.8 Å². The topological polar surface area (TPSA) is 67.8 Å². The molecule has 6 heteroatoms. The molecule has 0 aromatic heterocycles. The van der Waals surface area contributed by atoms with Crippen molar-refractivity contribution in [2.45, 2.75) is 36.3 Å². The largest absolute Gasteiger partial charge is 0.367 e. The quantitative estimate of drug-likeness (QED) is 0.785. The molecule has 1 spiro atoms. The minimum Gasteiger partial charge on any atom is -0.367 e. The summed E-state index contributed by atoms with van der Waals surface area (Å²) < 4.78 is 27.2. The van der Waals surface area contributed by atoms with E-state index in [0.717, 1.165) is 31.4 Å². The number of fused-ring (bicyclic) bond motifs is 4. The van der Waals surface area contributed by atoms with Crippen LogP contribution in [0.5, 0.6) is 0 Å². The van der Waals surface area contributed by atoms with E-state index >= 15 is 0 Å². The molecule has 2 unspecified atom stereocenters. The van der Waals surface area contributed by atoms with Gasteiger partial charge in [0.1, 0.15) is 0 Å². The summed E-state index contributed by atoms with van der Waals surface area (Å²) in [6, 6.07) is 7.01. The first-order valence-electron chi connectivity index (χ1n) is 6.52. The smallest absolute Gasteiger partial charge is 0.244 e. The molecular formula is C13H14N2O3S. The van der Waals surface area contributed by atoms with Crippen LogP contribution in [0.1, 0.15) is 31.2 Å². The SMILES string of the molecule is O=S1(=O)NC2(ON=C3CCCCC32)c2ccccc21. The van der Waals surface area contributed by atoms with Crippen LogP contribution >= 0.6 is 0 Å². The van der Waals surface area contributed by atoms with Gasteiger partial charge in [-0.05, 0) is 25.3 Å². The number of rotatable bonds is 0. The summed E-state index contributed by atoms with van der Waals surface area (Å²) in [5.74, 6) is 0.0275.